The quantitative estimate of drug-likeness (QED) is 0.485. The number of aliphatic imine (C=N–C) groups is 1. The van der Waals surface area contributed by atoms with Crippen LogP contribution in [0.5, 0.6) is 0 Å². The van der Waals surface area contributed by atoms with Gasteiger partial charge in [-0.25, -0.2) is 4.99 Å². The summed E-state index contributed by atoms with van der Waals surface area (Å²) < 4.78 is 0. The smallest absolute Gasteiger partial charge is 0.188 e. The number of hydrogen-bond acceptors (Lipinski definition) is 1. The molecule has 0 spiro atoms. The third kappa shape index (κ3) is 4.24. The van der Waals surface area contributed by atoms with E-state index in [-0.39, 0.29) is 0 Å². The van der Waals surface area contributed by atoms with Crippen molar-refractivity contribution < 1.29 is 0 Å². The second kappa shape index (κ2) is 6.84. The van der Waals surface area contributed by atoms with Gasteiger partial charge < -0.3 is 11.1 Å². The van der Waals surface area contributed by atoms with Gasteiger partial charge >= 0.3 is 0 Å². The van der Waals surface area contributed by atoms with Gasteiger partial charge in [-0.3, -0.25) is 0 Å². The van der Waals surface area contributed by atoms with Crippen LogP contribution < -0.4 is 11.1 Å². The Morgan fingerprint density at radius 2 is 2.11 bits per heavy atom. The number of benzene rings is 1. The Morgan fingerprint density at radius 1 is 1.28 bits per heavy atom. The summed E-state index contributed by atoms with van der Waals surface area (Å²) in [5, 5.41) is 3.22. The zero-order valence-electron chi connectivity index (χ0n) is 10.7. The molecule has 2 rings (SSSR count). The summed E-state index contributed by atoms with van der Waals surface area (Å²) in [5.41, 5.74) is 7.04. The maximum absolute atomic E-state index is 5.86. The van der Waals surface area contributed by atoms with Crippen molar-refractivity contribution in [2.75, 3.05) is 6.54 Å². The van der Waals surface area contributed by atoms with Crippen LogP contribution in [0.15, 0.2) is 47.5 Å². The SMILES string of the molecule is NC(=NCc1ccccc1)NCC1CC=CCC1. The van der Waals surface area contributed by atoms with E-state index < -0.39 is 0 Å². The number of nitrogens with zero attached hydrogens (tertiary/aromatic N) is 1. The standard InChI is InChI=1S/C15H21N3/c16-15(17-11-13-7-3-1-4-8-13)18-12-14-9-5-2-6-10-14/h1-5,7-8,14H,6,9-12H2,(H3,16,17,18). The third-order valence-electron chi connectivity index (χ3n) is 3.22. The maximum atomic E-state index is 5.86. The molecule has 0 aliphatic heterocycles. The Kier molecular flexibility index (Phi) is 4.82. The molecular weight excluding hydrogens is 222 g/mol. The van der Waals surface area contributed by atoms with Gasteiger partial charge in [-0.05, 0) is 30.7 Å². The zero-order chi connectivity index (χ0) is 12.6. The summed E-state index contributed by atoms with van der Waals surface area (Å²) in [5.74, 6) is 1.24. The molecule has 0 aromatic heterocycles. The summed E-state index contributed by atoms with van der Waals surface area (Å²) in [6.07, 6.45) is 8.10. The lowest BCUT2D eigenvalue weighted by Gasteiger charge is -2.18. The van der Waals surface area contributed by atoms with E-state index in [2.05, 4.69) is 34.6 Å². The minimum absolute atomic E-state index is 0.549. The van der Waals surface area contributed by atoms with Crippen LogP contribution in [0.4, 0.5) is 0 Å². The molecule has 1 aliphatic carbocycles. The van der Waals surface area contributed by atoms with Crippen LogP contribution in [0.2, 0.25) is 0 Å². The molecule has 0 heterocycles. The van der Waals surface area contributed by atoms with Crippen LogP contribution >= 0.6 is 0 Å². The topological polar surface area (TPSA) is 50.4 Å². The molecule has 0 saturated carbocycles. The lowest BCUT2D eigenvalue weighted by Crippen LogP contribution is -2.35. The zero-order valence-corrected chi connectivity index (χ0v) is 10.7. The first-order valence-corrected chi connectivity index (χ1v) is 6.57. The molecule has 0 bridgehead atoms. The minimum Gasteiger partial charge on any atom is -0.370 e. The molecule has 3 heteroatoms. The monoisotopic (exact) mass is 243 g/mol. The number of rotatable bonds is 4. The predicted octanol–water partition coefficient (Wildman–Crippen LogP) is 2.45. The molecule has 3 nitrogen and oxygen atoms in total. The summed E-state index contributed by atoms with van der Waals surface area (Å²) in [6, 6.07) is 10.2. The van der Waals surface area contributed by atoms with Crippen molar-refractivity contribution in [1.29, 1.82) is 0 Å². The van der Waals surface area contributed by atoms with Crippen molar-refractivity contribution in [3.05, 3.63) is 48.0 Å². The average Bonchev–Trinajstić information content (AvgIpc) is 2.45. The van der Waals surface area contributed by atoms with E-state index in [9.17, 15) is 0 Å². The fraction of sp³-hybridized carbons (Fsp3) is 0.400. The highest BCUT2D eigenvalue weighted by Crippen LogP contribution is 2.16. The summed E-state index contributed by atoms with van der Waals surface area (Å²) >= 11 is 0. The van der Waals surface area contributed by atoms with E-state index in [1.165, 1.54) is 18.4 Å². The van der Waals surface area contributed by atoms with Gasteiger partial charge in [-0.2, -0.15) is 0 Å². The predicted molar refractivity (Wildman–Crippen MR) is 76.3 cm³/mol. The first-order valence-electron chi connectivity index (χ1n) is 6.57. The van der Waals surface area contributed by atoms with Gasteiger partial charge in [0.2, 0.25) is 0 Å². The van der Waals surface area contributed by atoms with Gasteiger partial charge in [0.25, 0.3) is 0 Å². The molecule has 1 unspecified atom stereocenters. The van der Waals surface area contributed by atoms with Crippen molar-refractivity contribution in [2.45, 2.75) is 25.8 Å². The van der Waals surface area contributed by atoms with Crippen LogP contribution in [0, 0.1) is 5.92 Å². The van der Waals surface area contributed by atoms with Gasteiger partial charge in [0.05, 0.1) is 6.54 Å². The minimum atomic E-state index is 0.549. The van der Waals surface area contributed by atoms with E-state index >= 15 is 0 Å². The van der Waals surface area contributed by atoms with Gasteiger partial charge in [0.15, 0.2) is 5.96 Å². The Hall–Kier alpha value is -1.77. The Bertz CT molecular complexity index is 409. The van der Waals surface area contributed by atoms with E-state index in [1.807, 2.05) is 18.2 Å². The van der Waals surface area contributed by atoms with Crippen LogP contribution in [0.3, 0.4) is 0 Å². The molecule has 0 fully saturated rings. The first kappa shape index (κ1) is 12.7. The lowest BCUT2D eigenvalue weighted by atomic mass is 9.94. The van der Waals surface area contributed by atoms with Crippen LogP contribution in [-0.4, -0.2) is 12.5 Å². The molecule has 0 saturated heterocycles. The second-order valence-electron chi connectivity index (χ2n) is 4.72. The highest BCUT2D eigenvalue weighted by atomic mass is 15.1. The second-order valence-corrected chi connectivity index (χ2v) is 4.72. The van der Waals surface area contributed by atoms with E-state index in [1.54, 1.807) is 0 Å². The summed E-state index contributed by atoms with van der Waals surface area (Å²) in [4.78, 5) is 4.34. The maximum Gasteiger partial charge on any atom is 0.188 e. The molecule has 0 radical (unpaired) electrons. The highest BCUT2D eigenvalue weighted by Gasteiger charge is 2.09. The first-order chi connectivity index (χ1) is 8.84. The molecule has 0 amide bonds. The molecule has 1 aromatic carbocycles. The largest absolute Gasteiger partial charge is 0.370 e. The fourth-order valence-electron chi connectivity index (χ4n) is 2.11. The Labute approximate surface area is 109 Å². The normalized spacial score (nSPS) is 19.8. The number of allylic oxidation sites excluding steroid dienone is 2. The Morgan fingerprint density at radius 3 is 2.83 bits per heavy atom. The van der Waals surface area contributed by atoms with Gasteiger partial charge in [0.1, 0.15) is 0 Å². The molecular formula is C15H21N3. The molecule has 1 aliphatic rings. The van der Waals surface area contributed by atoms with Crippen LogP contribution in [0.25, 0.3) is 0 Å². The Balaban J connectivity index is 1.73. The summed E-state index contributed by atoms with van der Waals surface area (Å²) in [7, 11) is 0. The number of hydrogen-bond donors (Lipinski definition) is 2. The number of guanidine groups is 1. The number of nitrogens with one attached hydrogen (secondary N) is 1. The van der Waals surface area contributed by atoms with Crippen molar-refractivity contribution in [2.24, 2.45) is 16.6 Å². The van der Waals surface area contributed by atoms with Gasteiger partial charge in [-0.15, -0.1) is 0 Å². The average molecular weight is 243 g/mol. The van der Waals surface area contributed by atoms with Crippen molar-refractivity contribution in [3.63, 3.8) is 0 Å². The molecule has 1 atom stereocenters. The van der Waals surface area contributed by atoms with E-state index in [0.29, 0.717) is 18.4 Å². The van der Waals surface area contributed by atoms with Crippen molar-refractivity contribution in [3.8, 4) is 0 Å². The molecule has 1 aromatic rings. The van der Waals surface area contributed by atoms with Crippen LogP contribution in [-0.2, 0) is 6.54 Å². The highest BCUT2D eigenvalue weighted by molar-refractivity contribution is 5.77. The number of nitrogens with two attached hydrogens (primary N) is 1. The van der Waals surface area contributed by atoms with Crippen molar-refractivity contribution >= 4 is 5.96 Å². The van der Waals surface area contributed by atoms with Crippen LogP contribution in [0.1, 0.15) is 24.8 Å². The van der Waals surface area contributed by atoms with E-state index in [4.69, 9.17) is 5.73 Å². The summed E-state index contributed by atoms with van der Waals surface area (Å²) in [6.45, 7) is 1.57. The fourth-order valence-corrected chi connectivity index (χ4v) is 2.11. The molecule has 18 heavy (non-hydrogen) atoms. The van der Waals surface area contributed by atoms with Gasteiger partial charge in [-0.1, -0.05) is 42.5 Å². The third-order valence-corrected chi connectivity index (χ3v) is 3.22. The van der Waals surface area contributed by atoms with E-state index in [0.717, 1.165) is 13.0 Å². The molecule has 3 N–H and O–H groups in total. The molecule has 96 valence electrons. The van der Waals surface area contributed by atoms with Gasteiger partial charge in [0, 0.05) is 6.54 Å². The lowest BCUT2D eigenvalue weighted by molar-refractivity contribution is 0.471. The van der Waals surface area contributed by atoms with Crippen molar-refractivity contribution in [1.82, 2.24) is 5.32 Å².